The van der Waals surface area contributed by atoms with Gasteiger partial charge in [0.2, 0.25) is 0 Å². The molecule has 0 bridgehead atoms. The van der Waals surface area contributed by atoms with E-state index in [1.807, 2.05) is 0 Å². The van der Waals surface area contributed by atoms with Crippen LogP contribution in [0, 0.1) is 0 Å². The fourth-order valence-electron chi connectivity index (χ4n) is 0.652. The Morgan fingerprint density at radius 1 is 1.29 bits per heavy atom. The van der Waals surface area contributed by atoms with E-state index < -0.39 is 11.9 Å². The molecule has 0 atom stereocenters. The molecule has 0 aliphatic heterocycles. The van der Waals surface area contributed by atoms with Gasteiger partial charge in [0.1, 0.15) is 13.2 Å². The second-order valence-corrected chi connectivity index (χ2v) is 2.42. The summed E-state index contributed by atoms with van der Waals surface area (Å²) in [7, 11) is 0. The molecule has 0 saturated carbocycles. The Bertz CT molecular complexity index is 199. The zero-order valence-corrected chi connectivity index (χ0v) is 7.90. The number of hydrogen-bond donors (Lipinski definition) is 1. The third kappa shape index (κ3) is 7.30. The van der Waals surface area contributed by atoms with Gasteiger partial charge in [-0.05, 0) is 6.42 Å². The summed E-state index contributed by atoms with van der Waals surface area (Å²) in [4.78, 5) is 21.3. The maximum atomic E-state index is 10.8. The van der Waals surface area contributed by atoms with Gasteiger partial charge in [-0.3, -0.25) is 4.79 Å². The number of aliphatic hydroxyl groups is 1. The Hall–Kier alpha value is -1.36. The van der Waals surface area contributed by atoms with Gasteiger partial charge in [0.05, 0.1) is 0 Å². The number of carbonyl (C=O) groups is 2. The Labute approximate surface area is 82.3 Å². The summed E-state index contributed by atoms with van der Waals surface area (Å²) in [5, 5.41) is 8.40. The molecule has 0 spiro atoms. The van der Waals surface area contributed by atoms with Gasteiger partial charge in [-0.25, -0.2) is 4.79 Å². The van der Waals surface area contributed by atoms with Crippen LogP contribution in [-0.4, -0.2) is 36.9 Å². The second-order valence-electron chi connectivity index (χ2n) is 2.42. The van der Waals surface area contributed by atoms with Gasteiger partial charge in [-0.1, -0.05) is 6.58 Å². The lowest BCUT2D eigenvalue weighted by molar-refractivity contribution is -0.149. The monoisotopic (exact) mass is 202 g/mol. The van der Waals surface area contributed by atoms with Crippen molar-refractivity contribution in [2.24, 2.45) is 0 Å². The first-order valence-electron chi connectivity index (χ1n) is 4.26. The first-order valence-corrected chi connectivity index (χ1v) is 4.26. The zero-order valence-electron chi connectivity index (χ0n) is 7.90. The molecule has 0 fully saturated rings. The van der Waals surface area contributed by atoms with Crippen molar-refractivity contribution in [3.05, 3.63) is 12.7 Å². The normalized spacial score (nSPS) is 9.21. The van der Waals surface area contributed by atoms with E-state index >= 15 is 0 Å². The molecule has 0 unspecified atom stereocenters. The smallest absolute Gasteiger partial charge is 0.330 e. The SMILES string of the molecule is C=CC(=O)OCCOC(=O)CCCO. The number of hydrogen-bond acceptors (Lipinski definition) is 5. The van der Waals surface area contributed by atoms with Crippen molar-refractivity contribution < 1.29 is 24.2 Å². The van der Waals surface area contributed by atoms with Crippen LogP contribution in [0.5, 0.6) is 0 Å². The fraction of sp³-hybridized carbons (Fsp3) is 0.556. The number of ether oxygens (including phenoxy) is 2. The van der Waals surface area contributed by atoms with Crippen LogP contribution in [0.2, 0.25) is 0 Å². The van der Waals surface area contributed by atoms with Crippen molar-refractivity contribution >= 4 is 11.9 Å². The van der Waals surface area contributed by atoms with E-state index in [0.29, 0.717) is 6.42 Å². The standard InChI is InChI=1S/C9H14O5/c1-2-8(11)13-6-7-14-9(12)4-3-5-10/h2,10H,1,3-7H2. The average Bonchev–Trinajstić information content (AvgIpc) is 2.21. The summed E-state index contributed by atoms with van der Waals surface area (Å²) in [5.74, 6) is -0.954. The molecular formula is C9H14O5. The highest BCUT2D eigenvalue weighted by molar-refractivity contribution is 5.81. The zero-order chi connectivity index (χ0) is 10.8. The van der Waals surface area contributed by atoms with Crippen LogP contribution in [0.4, 0.5) is 0 Å². The van der Waals surface area contributed by atoms with Crippen LogP contribution in [0.3, 0.4) is 0 Å². The molecule has 5 heteroatoms. The number of rotatable bonds is 7. The maximum Gasteiger partial charge on any atom is 0.330 e. The average molecular weight is 202 g/mol. The van der Waals surface area contributed by atoms with Crippen molar-refractivity contribution in [2.45, 2.75) is 12.8 Å². The molecule has 0 aromatic heterocycles. The van der Waals surface area contributed by atoms with E-state index in [0.717, 1.165) is 6.08 Å². The van der Waals surface area contributed by atoms with E-state index in [1.165, 1.54) is 0 Å². The van der Waals surface area contributed by atoms with Crippen molar-refractivity contribution in [1.29, 1.82) is 0 Å². The van der Waals surface area contributed by atoms with Gasteiger partial charge < -0.3 is 14.6 Å². The van der Waals surface area contributed by atoms with Gasteiger partial charge in [0.15, 0.2) is 0 Å². The van der Waals surface area contributed by atoms with Crippen molar-refractivity contribution in [2.75, 3.05) is 19.8 Å². The summed E-state index contributed by atoms with van der Waals surface area (Å²) >= 11 is 0. The van der Waals surface area contributed by atoms with Gasteiger partial charge in [0, 0.05) is 19.1 Å². The minimum Gasteiger partial charge on any atom is -0.462 e. The number of esters is 2. The van der Waals surface area contributed by atoms with Crippen LogP contribution in [0.25, 0.3) is 0 Å². The van der Waals surface area contributed by atoms with Crippen LogP contribution >= 0.6 is 0 Å². The van der Waals surface area contributed by atoms with Gasteiger partial charge in [0.25, 0.3) is 0 Å². The Morgan fingerprint density at radius 3 is 2.50 bits per heavy atom. The lowest BCUT2D eigenvalue weighted by Gasteiger charge is -2.03. The van der Waals surface area contributed by atoms with Gasteiger partial charge in [-0.15, -0.1) is 0 Å². The highest BCUT2D eigenvalue weighted by atomic mass is 16.6. The highest BCUT2D eigenvalue weighted by Gasteiger charge is 2.02. The molecule has 0 saturated heterocycles. The molecule has 5 nitrogen and oxygen atoms in total. The molecule has 14 heavy (non-hydrogen) atoms. The lowest BCUT2D eigenvalue weighted by atomic mass is 10.3. The molecule has 0 aromatic carbocycles. The van der Waals surface area contributed by atoms with Crippen LogP contribution in [0.15, 0.2) is 12.7 Å². The minimum atomic E-state index is -0.545. The molecule has 0 rings (SSSR count). The molecule has 1 N–H and O–H groups in total. The van der Waals surface area contributed by atoms with Crippen molar-refractivity contribution in [3.63, 3.8) is 0 Å². The van der Waals surface area contributed by atoms with E-state index in [2.05, 4.69) is 16.1 Å². The quantitative estimate of drug-likeness (QED) is 0.358. The predicted octanol–water partition coefficient (Wildman–Crippen LogP) is 0.0313. The first kappa shape index (κ1) is 12.6. The molecule has 0 aromatic rings. The molecule has 0 radical (unpaired) electrons. The molecular weight excluding hydrogens is 188 g/mol. The van der Waals surface area contributed by atoms with E-state index in [-0.39, 0.29) is 26.2 Å². The molecule has 0 aliphatic carbocycles. The third-order valence-corrected chi connectivity index (χ3v) is 1.30. The molecule has 0 amide bonds. The summed E-state index contributed by atoms with van der Waals surface area (Å²) in [5.41, 5.74) is 0. The third-order valence-electron chi connectivity index (χ3n) is 1.30. The first-order chi connectivity index (χ1) is 6.70. The Morgan fingerprint density at radius 2 is 1.93 bits per heavy atom. The lowest BCUT2D eigenvalue weighted by Crippen LogP contribution is -2.12. The Balaban J connectivity index is 3.31. The van der Waals surface area contributed by atoms with Crippen LogP contribution in [-0.2, 0) is 19.1 Å². The number of aliphatic hydroxyl groups excluding tert-OH is 1. The summed E-state index contributed by atoms with van der Waals surface area (Å²) in [6.07, 6.45) is 1.59. The molecule has 0 heterocycles. The predicted molar refractivity (Wildman–Crippen MR) is 48.4 cm³/mol. The molecule has 80 valence electrons. The van der Waals surface area contributed by atoms with Crippen molar-refractivity contribution in [1.82, 2.24) is 0 Å². The summed E-state index contributed by atoms with van der Waals surface area (Å²) in [6.45, 7) is 3.22. The largest absolute Gasteiger partial charge is 0.462 e. The summed E-state index contributed by atoms with van der Waals surface area (Å²) in [6, 6.07) is 0. The topological polar surface area (TPSA) is 72.8 Å². The van der Waals surface area contributed by atoms with E-state index in [4.69, 9.17) is 5.11 Å². The van der Waals surface area contributed by atoms with Crippen LogP contribution < -0.4 is 0 Å². The van der Waals surface area contributed by atoms with Gasteiger partial charge in [-0.2, -0.15) is 0 Å². The highest BCUT2D eigenvalue weighted by Crippen LogP contribution is 1.91. The van der Waals surface area contributed by atoms with E-state index in [1.54, 1.807) is 0 Å². The Kier molecular flexibility index (Phi) is 7.45. The fourth-order valence-corrected chi connectivity index (χ4v) is 0.652. The minimum absolute atomic E-state index is 0.0235. The second kappa shape index (κ2) is 8.25. The van der Waals surface area contributed by atoms with Crippen molar-refractivity contribution in [3.8, 4) is 0 Å². The van der Waals surface area contributed by atoms with E-state index in [9.17, 15) is 9.59 Å². The van der Waals surface area contributed by atoms with Gasteiger partial charge >= 0.3 is 11.9 Å². The molecule has 0 aliphatic rings. The summed E-state index contributed by atoms with van der Waals surface area (Å²) < 4.78 is 9.24. The van der Waals surface area contributed by atoms with Crippen LogP contribution in [0.1, 0.15) is 12.8 Å². The maximum absolute atomic E-state index is 10.8. The number of carbonyl (C=O) groups excluding carboxylic acids is 2.